The fourth-order valence-electron chi connectivity index (χ4n) is 3.06. The standard InChI is InChI=1S/C15H19N5OS/c1-3-11-9(2)12-13-17-8-18-20(13)15(19-14(12)22-11)16-7-10-5-4-6-21-10/h8,10H,3-7H2,1-2H3,(H,16,19)/t10-/m0/s1. The Labute approximate surface area is 132 Å². The van der Waals surface area contributed by atoms with Gasteiger partial charge < -0.3 is 10.1 Å². The van der Waals surface area contributed by atoms with Gasteiger partial charge in [-0.3, -0.25) is 0 Å². The van der Waals surface area contributed by atoms with Crippen molar-refractivity contribution in [2.24, 2.45) is 0 Å². The third kappa shape index (κ3) is 2.16. The van der Waals surface area contributed by atoms with Crippen LogP contribution >= 0.6 is 11.3 Å². The van der Waals surface area contributed by atoms with Gasteiger partial charge in [-0.2, -0.15) is 9.61 Å². The van der Waals surface area contributed by atoms with Gasteiger partial charge in [0.15, 0.2) is 5.65 Å². The van der Waals surface area contributed by atoms with E-state index >= 15 is 0 Å². The van der Waals surface area contributed by atoms with E-state index in [0.717, 1.165) is 54.2 Å². The molecule has 4 rings (SSSR count). The summed E-state index contributed by atoms with van der Waals surface area (Å²) in [6.45, 7) is 5.95. The zero-order chi connectivity index (χ0) is 15.1. The van der Waals surface area contributed by atoms with E-state index in [4.69, 9.17) is 9.72 Å². The Morgan fingerprint density at radius 3 is 3.18 bits per heavy atom. The summed E-state index contributed by atoms with van der Waals surface area (Å²) < 4.78 is 7.47. The molecule has 0 saturated carbocycles. The van der Waals surface area contributed by atoms with E-state index in [1.165, 1.54) is 10.4 Å². The van der Waals surface area contributed by atoms with Crippen molar-refractivity contribution < 1.29 is 4.74 Å². The zero-order valence-corrected chi connectivity index (χ0v) is 13.6. The quantitative estimate of drug-likeness (QED) is 0.801. The van der Waals surface area contributed by atoms with E-state index in [9.17, 15) is 0 Å². The Morgan fingerprint density at radius 2 is 2.41 bits per heavy atom. The normalized spacial score (nSPS) is 18.5. The molecule has 0 bridgehead atoms. The van der Waals surface area contributed by atoms with Crippen molar-refractivity contribution in [1.82, 2.24) is 19.6 Å². The van der Waals surface area contributed by atoms with Crippen molar-refractivity contribution in [3.8, 4) is 0 Å². The van der Waals surface area contributed by atoms with Gasteiger partial charge in [0.2, 0.25) is 5.95 Å². The number of nitrogens with one attached hydrogen (secondary N) is 1. The van der Waals surface area contributed by atoms with Gasteiger partial charge in [-0.1, -0.05) is 6.92 Å². The third-order valence-electron chi connectivity index (χ3n) is 4.24. The highest BCUT2D eigenvalue weighted by atomic mass is 32.1. The number of nitrogens with zero attached hydrogens (tertiary/aromatic N) is 4. The molecule has 3 aromatic heterocycles. The number of fused-ring (bicyclic) bond motifs is 3. The van der Waals surface area contributed by atoms with Crippen molar-refractivity contribution in [1.29, 1.82) is 0 Å². The minimum absolute atomic E-state index is 0.271. The number of hydrogen-bond acceptors (Lipinski definition) is 6. The lowest BCUT2D eigenvalue weighted by Gasteiger charge is -2.12. The predicted octanol–water partition coefficient (Wildman–Crippen LogP) is 2.80. The van der Waals surface area contributed by atoms with Crippen molar-refractivity contribution in [2.75, 3.05) is 18.5 Å². The lowest BCUT2D eigenvalue weighted by atomic mass is 10.2. The Morgan fingerprint density at radius 1 is 1.50 bits per heavy atom. The monoisotopic (exact) mass is 317 g/mol. The largest absolute Gasteiger partial charge is 0.376 e. The lowest BCUT2D eigenvalue weighted by molar-refractivity contribution is 0.120. The van der Waals surface area contributed by atoms with Crippen LogP contribution in [-0.4, -0.2) is 38.8 Å². The molecule has 0 amide bonds. The van der Waals surface area contributed by atoms with Gasteiger partial charge >= 0.3 is 0 Å². The summed E-state index contributed by atoms with van der Waals surface area (Å²) in [6.07, 6.45) is 5.13. The molecule has 4 heterocycles. The highest BCUT2D eigenvalue weighted by Crippen LogP contribution is 2.33. The first kappa shape index (κ1) is 13.9. The van der Waals surface area contributed by atoms with Crippen molar-refractivity contribution in [2.45, 2.75) is 39.2 Å². The van der Waals surface area contributed by atoms with Gasteiger partial charge in [-0.25, -0.2) is 9.97 Å². The smallest absolute Gasteiger partial charge is 0.227 e. The van der Waals surface area contributed by atoms with Crippen LogP contribution in [0.3, 0.4) is 0 Å². The molecule has 3 aromatic rings. The molecule has 116 valence electrons. The second-order valence-electron chi connectivity index (χ2n) is 5.63. The first-order valence-corrected chi connectivity index (χ1v) is 8.56. The average Bonchev–Trinajstić information content (AvgIpc) is 3.24. The Balaban J connectivity index is 1.77. The molecule has 1 atom stereocenters. The van der Waals surface area contributed by atoms with E-state index in [0.29, 0.717) is 0 Å². The van der Waals surface area contributed by atoms with Gasteiger partial charge in [-0.05, 0) is 31.7 Å². The van der Waals surface area contributed by atoms with Crippen molar-refractivity contribution >= 4 is 33.1 Å². The summed E-state index contributed by atoms with van der Waals surface area (Å²) in [5.41, 5.74) is 2.16. The summed E-state index contributed by atoms with van der Waals surface area (Å²) in [6, 6.07) is 0. The second-order valence-corrected chi connectivity index (χ2v) is 6.71. The highest BCUT2D eigenvalue weighted by Gasteiger charge is 2.19. The maximum absolute atomic E-state index is 5.66. The summed E-state index contributed by atoms with van der Waals surface area (Å²) >= 11 is 1.75. The van der Waals surface area contributed by atoms with Crippen LogP contribution in [0, 0.1) is 6.92 Å². The molecule has 1 aliphatic rings. The molecule has 0 unspecified atom stereocenters. The average molecular weight is 317 g/mol. The van der Waals surface area contributed by atoms with Crippen molar-refractivity contribution in [3.05, 3.63) is 16.8 Å². The molecular formula is C15H19N5OS. The molecular weight excluding hydrogens is 298 g/mol. The van der Waals surface area contributed by atoms with E-state index in [-0.39, 0.29) is 6.10 Å². The molecule has 0 spiro atoms. The van der Waals surface area contributed by atoms with E-state index in [2.05, 4.69) is 29.2 Å². The summed E-state index contributed by atoms with van der Waals surface area (Å²) in [4.78, 5) is 11.6. The first-order chi connectivity index (χ1) is 10.8. The van der Waals surface area contributed by atoms with Crippen molar-refractivity contribution in [3.63, 3.8) is 0 Å². The highest BCUT2D eigenvalue weighted by molar-refractivity contribution is 7.19. The van der Waals surface area contributed by atoms with Crippen LogP contribution in [0.5, 0.6) is 0 Å². The molecule has 22 heavy (non-hydrogen) atoms. The summed E-state index contributed by atoms with van der Waals surface area (Å²) in [5.74, 6) is 0.749. The fraction of sp³-hybridized carbons (Fsp3) is 0.533. The molecule has 0 aromatic carbocycles. The number of aryl methyl sites for hydroxylation is 2. The minimum atomic E-state index is 0.271. The maximum atomic E-state index is 5.66. The fourth-order valence-corrected chi connectivity index (χ4v) is 4.17. The Bertz CT molecular complexity index is 818. The van der Waals surface area contributed by atoms with Crippen LogP contribution < -0.4 is 5.32 Å². The third-order valence-corrected chi connectivity index (χ3v) is 5.57. The lowest BCUT2D eigenvalue weighted by Crippen LogP contribution is -2.20. The predicted molar refractivity (Wildman–Crippen MR) is 87.7 cm³/mol. The molecule has 1 N–H and O–H groups in total. The van der Waals surface area contributed by atoms with E-state index < -0.39 is 0 Å². The first-order valence-electron chi connectivity index (χ1n) is 7.75. The van der Waals surface area contributed by atoms with Crippen LogP contribution in [0.4, 0.5) is 5.95 Å². The molecule has 6 nitrogen and oxygen atoms in total. The molecule has 0 radical (unpaired) electrons. The number of aromatic nitrogens is 4. The molecule has 1 aliphatic heterocycles. The van der Waals surface area contributed by atoms with Gasteiger partial charge in [-0.15, -0.1) is 11.3 Å². The van der Waals surface area contributed by atoms with Gasteiger partial charge in [0, 0.05) is 18.0 Å². The Hall–Kier alpha value is -1.73. The zero-order valence-electron chi connectivity index (χ0n) is 12.8. The molecule has 0 aliphatic carbocycles. The Kier molecular flexibility index (Phi) is 3.46. The minimum Gasteiger partial charge on any atom is -0.376 e. The second kappa shape index (κ2) is 5.48. The topological polar surface area (TPSA) is 64.3 Å². The van der Waals surface area contributed by atoms with Gasteiger partial charge in [0.25, 0.3) is 0 Å². The summed E-state index contributed by atoms with van der Waals surface area (Å²) in [7, 11) is 0. The number of anilines is 1. The molecule has 1 fully saturated rings. The van der Waals surface area contributed by atoms with Gasteiger partial charge in [0.1, 0.15) is 11.2 Å². The SMILES string of the molecule is CCc1sc2nc(NC[C@@H]3CCCO3)n3ncnc3c2c1C. The maximum Gasteiger partial charge on any atom is 0.227 e. The van der Waals surface area contributed by atoms with Gasteiger partial charge in [0.05, 0.1) is 11.5 Å². The van der Waals surface area contributed by atoms with E-state index in [1.54, 1.807) is 22.2 Å². The number of thiophene rings is 1. The molecule has 7 heteroatoms. The van der Waals surface area contributed by atoms with Crippen LogP contribution in [0.2, 0.25) is 0 Å². The van der Waals surface area contributed by atoms with Crippen LogP contribution in [0.25, 0.3) is 15.9 Å². The van der Waals surface area contributed by atoms with Crippen LogP contribution in [-0.2, 0) is 11.2 Å². The number of ether oxygens (including phenoxy) is 1. The van der Waals surface area contributed by atoms with Crippen LogP contribution in [0.15, 0.2) is 6.33 Å². The number of rotatable bonds is 4. The number of hydrogen-bond donors (Lipinski definition) is 1. The van der Waals surface area contributed by atoms with Crippen LogP contribution in [0.1, 0.15) is 30.2 Å². The summed E-state index contributed by atoms with van der Waals surface area (Å²) in [5, 5.41) is 8.85. The van der Waals surface area contributed by atoms with E-state index in [1.807, 2.05) is 0 Å². The molecule has 1 saturated heterocycles.